The summed E-state index contributed by atoms with van der Waals surface area (Å²) in [7, 11) is -1.27. The molecule has 2 aromatic heterocycles. The highest BCUT2D eigenvalue weighted by Crippen LogP contribution is 2.42. The number of fused-ring (bicyclic) bond motifs is 3. The highest BCUT2D eigenvalue weighted by Gasteiger charge is 2.42. The van der Waals surface area contributed by atoms with Gasteiger partial charge in [-0.3, -0.25) is 14.3 Å². The molecule has 10 nitrogen and oxygen atoms in total. The van der Waals surface area contributed by atoms with E-state index < -0.39 is 21.5 Å². The van der Waals surface area contributed by atoms with Gasteiger partial charge in [0.2, 0.25) is 11.8 Å². The molecule has 0 aliphatic carbocycles. The second-order valence-electron chi connectivity index (χ2n) is 7.80. The van der Waals surface area contributed by atoms with Gasteiger partial charge < -0.3 is 14.4 Å². The van der Waals surface area contributed by atoms with Gasteiger partial charge in [0, 0.05) is 29.4 Å². The van der Waals surface area contributed by atoms with E-state index in [1.165, 1.54) is 12.4 Å². The summed E-state index contributed by atoms with van der Waals surface area (Å²) >= 11 is 0. The van der Waals surface area contributed by atoms with Gasteiger partial charge in [-0.25, -0.2) is 19.9 Å². The van der Waals surface area contributed by atoms with E-state index in [0.717, 1.165) is 0 Å². The van der Waals surface area contributed by atoms with E-state index in [0.29, 0.717) is 37.1 Å². The molecule has 0 saturated carbocycles. The molecule has 1 N–H and O–H groups in total. The average Bonchev–Trinajstić information content (AvgIpc) is 2.73. The predicted octanol–water partition coefficient (Wildman–Crippen LogP) is 1.12. The highest BCUT2D eigenvalue weighted by molar-refractivity contribution is 7.85. The number of rotatable bonds is 4. The van der Waals surface area contributed by atoms with E-state index in [4.69, 9.17) is 9.47 Å². The zero-order valence-electron chi connectivity index (χ0n) is 17.3. The Hall–Kier alpha value is -2.66. The van der Waals surface area contributed by atoms with Crippen molar-refractivity contribution in [1.82, 2.24) is 19.9 Å². The van der Waals surface area contributed by atoms with Crippen molar-refractivity contribution in [2.45, 2.75) is 37.6 Å². The van der Waals surface area contributed by atoms with E-state index in [2.05, 4.69) is 30.2 Å². The summed E-state index contributed by atoms with van der Waals surface area (Å²) in [5.41, 5.74) is 0.435. The normalized spacial score (nSPS) is 21.8. The Balaban J connectivity index is 1.83. The van der Waals surface area contributed by atoms with Crippen LogP contribution in [-0.2, 0) is 20.3 Å². The fraction of sp³-hybridized carbons (Fsp3) is 0.526. The maximum Gasteiger partial charge on any atom is 0.295 e. The van der Waals surface area contributed by atoms with Crippen LogP contribution < -0.4 is 15.0 Å². The smallest absolute Gasteiger partial charge is 0.295 e. The lowest BCUT2D eigenvalue weighted by molar-refractivity contribution is 0.0481. The molecule has 0 spiro atoms. The Bertz CT molecular complexity index is 986. The Morgan fingerprint density at radius 2 is 1.97 bits per heavy atom. The third kappa shape index (κ3) is 3.63. The number of anilines is 2. The molecule has 0 radical (unpaired) electrons. The van der Waals surface area contributed by atoms with Crippen molar-refractivity contribution < 1.29 is 18.5 Å². The summed E-state index contributed by atoms with van der Waals surface area (Å²) in [6.07, 6.45) is 4.66. The van der Waals surface area contributed by atoms with Crippen molar-refractivity contribution in [3.63, 3.8) is 0 Å². The van der Waals surface area contributed by atoms with E-state index >= 15 is 0 Å². The lowest BCUT2D eigenvalue weighted by Crippen LogP contribution is -2.56. The van der Waals surface area contributed by atoms with Crippen LogP contribution in [-0.4, -0.2) is 68.2 Å². The van der Waals surface area contributed by atoms with Gasteiger partial charge in [0.1, 0.15) is 12.3 Å². The molecular weight excluding hydrogens is 408 g/mol. The molecule has 0 aromatic carbocycles. The van der Waals surface area contributed by atoms with Gasteiger partial charge in [0.25, 0.3) is 5.91 Å². The van der Waals surface area contributed by atoms with Crippen molar-refractivity contribution in [3.8, 4) is 5.75 Å². The lowest BCUT2D eigenvalue weighted by atomic mass is 10.0. The first-order valence-electron chi connectivity index (χ1n) is 9.62. The lowest BCUT2D eigenvalue weighted by Gasteiger charge is -2.45. The molecular formula is C19H24N6O4S. The highest BCUT2D eigenvalue weighted by atomic mass is 32.2. The van der Waals surface area contributed by atoms with Crippen molar-refractivity contribution in [1.29, 1.82) is 0 Å². The zero-order chi connectivity index (χ0) is 21.5. The number of carbonyl (C=O) groups excluding carboxylic acids is 1. The van der Waals surface area contributed by atoms with Crippen LogP contribution in [0.5, 0.6) is 5.75 Å². The number of ether oxygens (including phenoxy) is 2. The van der Waals surface area contributed by atoms with Crippen molar-refractivity contribution in [3.05, 3.63) is 30.0 Å². The first-order valence-corrected chi connectivity index (χ1v) is 11.2. The van der Waals surface area contributed by atoms with E-state index in [1.54, 1.807) is 12.3 Å². The van der Waals surface area contributed by atoms with Crippen LogP contribution in [0.4, 0.5) is 11.8 Å². The third-order valence-corrected chi connectivity index (χ3v) is 6.96. The SMILES string of the molecule is C[C@@H]1COC[C@H]2COc3c(nc(C(=O)Nc4ncccn4)nc3C(C)(C)S(C)=O)N21. The quantitative estimate of drug-likeness (QED) is 0.758. The average molecular weight is 433 g/mol. The largest absolute Gasteiger partial charge is 0.486 e. The van der Waals surface area contributed by atoms with Gasteiger partial charge in [-0.2, -0.15) is 0 Å². The number of nitrogens with one attached hydrogen (secondary N) is 1. The molecule has 2 aliphatic rings. The second kappa shape index (κ2) is 7.88. The van der Waals surface area contributed by atoms with Crippen LogP contribution in [0.1, 0.15) is 37.1 Å². The molecule has 3 atom stereocenters. The summed E-state index contributed by atoms with van der Waals surface area (Å²) in [5, 5.41) is 2.61. The minimum absolute atomic E-state index is 0.0207. The summed E-state index contributed by atoms with van der Waals surface area (Å²) in [6, 6.07) is 1.67. The summed E-state index contributed by atoms with van der Waals surface area (Å²) in [5.74, 6) is 0.527. The van der Waals surface area contributed by atoms with Crippen LogP contribution in [0.15, 0.2) is 18.5 Å². The van der Waals surface area contributed by atoms with Crippen molar-refractivity contribution in [2.75, 3.05) is 36.3 Å². The molecule has 1 amide bonds. The molecule has 1 fully saturated rings. The molecule has 4 rings (SSSR count). The Kier molecular flexibility index (Phi) is 5.41. The fourth-order valence-corrected chi connectivity index (χ4v) is 3.91. The minimum Gasteiger partial charge on any atom is -0.486 e. The summed E-state index contributed by atoms with van der Waals surface area (Å²) < 4.78 is 23.3. The van der Waals surface area contributed by atoms with E-state index in [9.17, 15) is 9.00 Å². The van der Waals surface area contributed by atoms with E-state index in [-0.39, 0.29) is 23.9 Å². The molecule has 160 valence electrons. The molecule has 2 aromatic rings. The molecule has 11 heteroatoms. The van der Waals surface area contributed by atoms with Gasteiger partial charge >= 0.3 is 0 Å². The Morgan fingerprint density at radius 1 is 1.23 bits per heavy atom. The van der Waals surface area contributed by atoms with Crippen LogP contribution in [0.2, 0.25) is 0 Å². The first kappa shape index (κ1) is 20.6. The molecule has 0 bridgehead atoms. The number of hydrogen-bond donors (Lipinski definition) is 1. The number of morpholine rings is 1. The van der Waals surface area contributed by atoms with E-state index in [1.807, 2.05) is 20.8 Å². The fourth-order valence-electron chi connectivity index (χ4n) is 3.50. The zero-order valence-corrected chi connectivity index (χ0v) is 18.1. The second-order valence-corrected chi connectivity index (χ2v) is 9.73. The van der Waals surface area contributed by atoms with Crippen molar-refractivity contribution in [2.24, 2.45) is 0 Å². The van der Waals surface area contributed by atoms with Crippen LogP contribution in [0.25, 0.3) is 0 Å². The molecule has 1 saturated heterocycles. The Morgan fingerprint density at radius 3 is 2.67 bits per heavy atom. The number of hydrogen-bond acceptors (Lipinski definition) is 9. The number of aromatic nitrogens is 4. The maximum absolute atomic E-state index is 12.9. The van der Waals surface area contributed by atoms with Gasteiger partial charge in [-0.1, -0.05) is 0 Å². The maximum atomic E-state index is 12.9. The minimum atomic E-state index is -1.27. The number of amides is 1. The predicted molar refractivity (Wildman–Crippen MR) is 111 cm³/mol. The summed E-state index contributed by atoms with van der Waals surface area (Å²) in [6.45, 7) is 7.11. The first-order chi connectivity index (χ1) is 14.3. The molecule has 1 unspecified atom stereocenters. The van der Waals surface area contributed by atoms with Crippen LogP contribution in [0, 0.1) is 0 Å². The monoisotopic (exact) mass is 432 g/mol. The van der Waals surface area contributed by atoms with Gasteiger partial charge in [0.05, 0.1) is 30.0 Å². The van der Waals surface area contributed by atoms with Crippen molar-refractivity contribution >= 4 is 28.5 Å². The number of nitrogens with zero attached hydrogens (tertiary/aromatic N) is 5. The standard InChI is InChI=1S/C19H24N6O4S/c1-11-8-28-9-12-10-29-13-14(19(2,3)30(4)27)22-15(23-16(13)25(11)12)17(26)24-18-20-6-5-7-21-18/h5-7,11-12H,8-10H2,1-4H3,(H,20,21,24,26)/t11-,12+,30?/m1/s1. The third-order valence-electron chi connectivity index (χ3n) is 5.33. The summed E-state index contributed by atoms with van der Waals surface area (Å²) in [4.78, 5) is 32.1. The van der Waals surface area contributed by atoms with Crippen LogP contribution >= 0.6 is 0 Å². The van der Waals surface area contributed by atoms with Gasteiger partial charge in [-0.05, 0) is 26.8 Å². The molecule has 2 aliphatic heterocycles. The topological polar surface area (TPSA) is 119 Å². The number of carbonyl (C=O) groups is 1. The van der Waals surface area contributed by atoms with Gasteiger partial charge in [0.15, 0.2) is 11.6 Å². The molecule has 4 heterocycles. The van der Waals surface area contributed by atoms with Crippen LogP contribution in [0.3, 0.4) is 0 Å². The van der Waals surface area contributed by atoms with Gasteiger partial charge in [-0.15, -0.1) is 0 Å². The molecule has 30 heavy (non-hydrogen) atoms. The Labute approximate surface area is 176 Å².